The normalized spacial score (nSPS) is 26.3. The number of methoxy groups -OCH3 is 1. The third-order valence-corrected chi connectivity index (χ3v) is 4.95. The monoisotopic (exact) mass is 280 g/mol. The van der Waals surface area contributed by atoms with Crippen LogP contribution in [-0.2, 0) is 11.8 Å². The fourth-order valence-electron chi connectivity index (χ4n) is 3.73. The molecular weight excluding hydrogens is 256 g/mol. The summed E-state index contributed by atoms with van der Waals surface area (Å²) >= 11 is 0. The maximum atomic E-state index is 10.8. The fourth-order valence-corrected chi connectivity index (χ4v) is 3.73. The minimum absolute atomic E-state index is 0.0489. The molecule has 112 valence electrons. The second-order valence-electron chi connectivity index (χ2n) is 6.21. The molecule has 1 spiro atoms. The number of aliphatic hydroxyl groups is 1. The molecule has 0 bridgehead atoms. The van der Waals surface area contributed by atoms with Crippen molar-refractivity contribution >= 4 is 0 Å². The molecule has 1 aliphatic carbocycles. The van der Waals surface area contributed by atoms with E-state index >= 15 is 0 Å². The van der Waals surface area contributed by atoms with Gasteiger partial charge in [-0.1, -0.05) is 0 Å². The molecule has 5 nitrogen and oxygen atoms in total. The highest BCUT2D eigenvalue weighted by Crippen LogP contribution is 2.48. The van der Waals surface area contributed by atoms with Gasteiger partial charge in [-0.15, -0.1) is 0 Å². The van der Waals surface area contributed by atoms with E-state index in [2.05, 4.69) is 5.10 Å². The molecule has 1 aliphatic heterocycles. The smallest absolute Gasteiger partial charge is 0.217 e. The van der Waals surface area contributed by atoms with E-state index in [9.17, 15) is 5.11 Å². The van der Waals surface area contributed by atoms with Gasteiger partial charge in [-0.2, -0.15) is 5.10 Å². The number of rotatable bonds is 3. The SMILES string of the molecule is COc1c(C(O)C2CCOC3(CCC3)C2)c(C)nn1C. The molecule has 2 heterocycles. The van der Waals surface area contributed by atoms with Crippen LogP contribution in [-0.4, -0.2) is 34.2 Å². The van der Waals surface area contributed by atoms with Crippen molar-refractivity contribution < 1.29 is 14.6 Å². The van der Waals surface area contributed by atoms with Gasteiger partial charge in [0.2, 0.25) is 5.88 Å². The van der Waals surface area contributed by atoms with Crippen molar-refractivity contribution in [2.75, 3.05) is 13.7 Å². The van der Waals surface area contributed by atoms with Gasteiger partial charge in [0, 0.05) is 13.7 Å². The molecule has 1 N–H and O–H groups in total. The lowest BCUT2D eigenvalue weighted by Crippen LogP contribution is -2.46. The summed E-state index contributed by atoms with van der Waals surface area (Å²) in [5.41, 5.74) is 1.75. The Bertz CT molecular complexity index is 494. The molecule has 2 atom stereocenters. The van der Waals surface area contributed by atoms with Crippen molar-refractivity contribution in [3.63, 3.8) is 0 Å². The Morgan fingerprint density at radius 2 is 2.25 bits per heavy atom. The van der Waals surface area contributed by atoms with E-state index in [-0.39, 0.29) is 11.5 Å². The number of nitrogens with zero attached hydrogens (tertiary/aromatic N) is 2. The first kappa shape index (κ1) is 13.9. The standard InChI is InChI=1S/C15H24N2O3/c1-10-12(14(19-3)17(2)16-10)13(18)11-5-8-20-15(9-11)6-4-7-15/h11,13,18H,4-9H2,1-3H3. The Balaban J connectivity index is 1.83. The average molecular weight is 280 g/mol. The summed E-state index contributed by atoms with van der Waals surface area (Å²) in [5, 5.41) is 15.2. The third kappa shape index (κ3) is 2.13. The Hall–Kier alpha value is -1.07. The summed E-state index contributed by atoms with van der Waals surface area (Å²) in [6.07, 6.45) is 4.86. The second-order valence-corrected chi connectivity index (χ2v) is 6.21. The average Bonchev–Trinajstić information content (AvgIpc) is 2.70. The van der Waals surface area contributed by atoms with Crippen LogP contribution in [0.2, 0.25) is 0 Å². The molecule has 1 aromatic heterocycles. The highest BCUT2D eigenvalue weighted by molar-refractivity contribution is 5.33. The van der Waals surface area contributed by atoms with E-state index in [1.54, 1.807) is 11.8 Å². The molecular formula is C15H24N2O3. The Morgan fingerprint density at radius 1 is 1.50 bits per heavy atom. The van der Waals surface area contributed by atoms with E-state index in [0.717, 1.165) is 43.5 Å². The molecule has 5 heteroatoms. The quantitative estimate of drug-likeness (QED) is 0.921. The van der Waals surface area contributed by atoms with Gasteiger partial charge in [0.1, 0.15) is 0 Å². The molecule has 0 amide bonds. The zero-order chi connectivity index (χ0) is 14.3. The molecule has 1 saturated carbocycles. The van der Waals surface area contributed by atoms with E-state index in [4.69, 9.17) is 9.47 Å². The van der Waals surface area contributed by atoms with Crippen LogP contribution in [0.5, 0.6) is 5.88 Å². The lowest BCUT2D eigenvalue weighted by atomic mass is 9.70. The summed E-state index contributed by atoms with van der Waals surface area (Å²) in [6.45, 7) is 2.68. The first-order valence-corrected chi connectivity index (χ1v) is 7.46. The summed E-state index contributed by atoms with van der Waals surface area (Å²) in [4.78, 5) is 0. The second kappa shape index (κ2) is 5.04. The van der Waals surface area contributed by atoms with Crippen LogP contribution in [0, 0.1) is 12.8 Å². The third-order valence-electron chi connectivity index (χ3n) is 4.95. The van der Waals surface area contributed by atoms with Crippen molar-refractivity contribution in [3.05, 3.63) is 11.3 Å². The van der Waals surface area contributed by atoms with Crippen LogP contribution >= 0.6 is 0 Å². The van der Waals surface area contributed by atoms with E-state index in [1.165, 1.54) is 6.42 Å². The van der Waals surface area contributed by atoms with Gasteiger partial charge in [-0.05, 0) is 44.9 Å². The largest absolute Gasteiger partial charge is 0.481 e. The predicted molar refractivity (Wildman–Crippen MR) is 74.7 cm³/mol. The molecule has 0 aromatic carbocycles. The lowest BCUT2D eigenvalue weighted by Gasteiger charge is -2.48. The lowest BCUT2D eigenvalue weighted by molar-refractivity contribution is -0.157. The Kier molecular flexibility index (Phi) is 3.50. The molecule has 2 unspecified atom stereocenters. The molecule has 3 rings (SSSR count). The fraction of sp³-hybridized carbons (Fsp3) is 0.800. The van der Waals surface area contributed by atoms with Crippen LogP contribution in [0.15, 0.2) is 0 Å². The van der Waals surface area contributed by atoms with Crippen LogP contribution in [0.3, 0.4) is 0 Å². The van der Waals surface area contributed by atoms with Crippen LogP contribution < -0.4 is 4.74 Å². The molecule has 2 fully saturated rings. The topological polar surface area (TPSA) is 56.5 Å². The summed E-state index contributed by atoms with van der Waals surface area (Å²) in [7, 11) is 3.48. The molecule has 1 saturated heterocycles. The zero-order valence-corrected chi connectivity index (χ0v) is 12.6. The first-order chi connectivity index (χ1) is 9.56. The van der Waals surface area contributed by atoms with E-state index < -0.39 is 6.10 Å². The number of aliphatic hydroxyl groups excluding tert-OH is 1. The van der Waals surface area contributed by atoms with Gasteiger partial charge >= 0.3 is 0 Å². The maximum Gasteiger partial charge on any atom is 0.217 e. The van der Waals surface area contributed by atoms with Crippen LogP contribution in [0.1, 0.15) is 49.5 Å². The van der Waals surface area contributed by atoms with Crippen molar-refractivity contribution in [1.29, 1.82) is 0 Å². The van der Waals surface area contributed by atoms with Crippen molar-refractivity contribution in [2.24, 2.45) is 13.0 Å². The predicted octanol–water partition coefficient (Wildman–Crippen LogP) is 2.12. The highest BCUT2D eigenvalue weighted by atomic mass is 16.5. The van der Waals surface area contributed by atoms with Crippen molar-refractivity contribution in [1.82, 2.24) is 9.78 Å². The maximum absolute atomic E-state index is 10.8. The van der Waals surface area contributed by atoms with Crippen molar-refractivity contribution in [2.45, 2.75) is 50.7 Å². The summed E-state index contributed by atoms with van der Waals surface area (Å²) in [6, 6.07) is 0. The first-order valence-electron chi connectivity index (χ1n) is 7.46. The zero-order valence-electron chi connectivity index (χ0n) is 12.6. The van der Waals surface area contributed by atoms with Gasteiger partial charge in [-0.25, -0.2) is 4.68 Å². The molecule has 0 radical (unpaired) electrons. The minimum atomic E-state index is -0.514. The summed E-state index contributed by atoms with van der Waals surface area (Å²) in [5.74, 6) is 0.907. The van der Waals surface area contributed by atoms with Crippen LogP contribution in [0.4, 0.5) is 0 Å². The van der Waals surface area contributed by atoms with Gasteiger partial charge in [0.05, 0.1) is 30.1 Å². The van der Waals surface area contributed by atoms with E-state index in [0.29, 0.717) is 5.88 Å². The van der Waals surface area contributed by atoms with Gasteiger partial charge < -0.3 is 14.6 Å². The molecule has 2 aliphatic rings. The van der Waals surface area contributed by atoms with E-state index in [1.807, 2.05) is 14.0 Å². The van der Waals surface area contributed by atoms with Crippen molar-refractivity contribution in [3.8, 4) is 5.88 Å². The van der Waals surface area contributed by atoms with Gasteiger partial charge in [-0.3, -0.25) is 0 Å². The van der Waals surface area contributed by atoms with Gasteiger partial charge in [0.15, 0.2) is 0 Å². The number of hydrogen-bond donors (Lipinski definition) is 1. The number of aryl methyl sites for hydroxylation is 2. The number of aromatic nitrogens is 2. The summed E-state index contributed by atoms with van der Waals surface area (Å²) < 4.78 is 13.1. The highest BCUT2D eigenvalue weighted by Gasteiger charge is 2.45. The minimum Gasteiger partial charge on any atom is -0.481 e. The van der Waals surface area contributed by atoms with Crippen LogP contribution in [0.25, 0.3) is 0 Å². The molecule has 20 heavy (non-hydrogen) atoms. The Morgan fingerprint density at radius 3 is 2.85 bits per heavy atom. The molecule has 1 aromatic rings. The number of hydrogen-bond acceptors (Lipinski definition) is 4. The Labute approximate surface area is 119 Å². The number of ether oxygens (including phenoxy) is 2. The van der Waals surface area contributed by atoms with Gasteiger partial charge in [0.25, 0.3) is 0 Å².